The molecule has 0 aromatic heterocycles. The van der Waals surface area contributed by atoms with Crippen LogP contribution in [0, 0.1) is 11.6 Å². The monoisotopic (exact) mass is 605 g/mol. The Bertz CT molecular complexity index is 1230. The number of likely N-dealkylation sites (tertiary alicyclic amines) is 1. The summed E-state index contributed by atoms with van der Waals surface area (Å²) in [4.78, 5) is 40.2. The normalized spacial score (nSPS) is 20.5. The first-order chi connectivity index (χ1) is 18.4. The van der Waals surface area contributed by atoms with Crippen molar-refractivity contribution in [2.24, 2.45) is 0 Å². The summed E-state index contributed by atoms with van der Waals surface area (Å²) in [6.07, 6.45) is 2.85. The molecule has 1 saturated carbocycles. The van der Waals surface area contributed by atoms with Crippen molar-refractivity contribution in [3.63, 3.8) is 0 Å². The van der Waals surface area contributed by atoms with Crippen molar-refractivity contribution in [1.29, 1.82) is 0 Å². The van der Waals surface area contributed by atoms with Gasteiger partial charge in [-0.05, 0) is 69.4 Å². The van der Waals surface area contributed by atoms with E-state index < -0.39 is 46.6 Å². The highest BCUT2D eigenvalue weighted by atomic mass is 79.9. The Morgan fingerprint density at radius 1 is 1.05 bits per heavy atom. The summed E-state index contributed by atoms with van der Waals surface area (Å²) in [7, 11) is 0. The number of hydrogen-bond acceptors (Lipinski definition) is 4. The fourth-order valence-electron chi connectivity index (χ4n) is 5.56. The predicted octanol–water partition coefficient (Wildman–Crippen LogP) is 5.52. The molecule has 2 aromatic rings. The molecule has 1 saturated heterocycles. The van der Waals surface area contributed by atoms with E-state index in [1.54, 1.807) is 25.7 Å². The first kappa shape index (κ1) is 29.0. The van der Waals surface area contributed by atoms with Crippen molar-refractivity contribution in [3.8, 4) is 0 Å². The summed E-state index contributed by atoms with van der Waals surface area (Å²) in [5, 5.41) is 5.42. The number of halogens is 3. The van der Waals surface area contributed by atoms with Gasteiger partial charge in [0.2, 0.25) is 0 Å². The first-order valence-electron chi connectivity index (χ1n) is 13.2. The smallest absolute Gasteiger partial charge is 0.410 e. The molecule has 2 unspecified atom stereocenters. The Labute approximate surface area is 235 Å². The number of nitrogens with one attached hydrogen (secondary N) is 2. The van der Waals surface area contributed by atoms with E-state index in [2.05, 4.69) is 26.6 Å². The molecule has 3 amide bonds. The Morgan fingerprint density at radius 3 is 2.33 bits per heavy atom. The molecule has 7 nitrogen and oxygen atoms in total. The number of benzene rings is 2. The summed E-state index contributed by atoms with van der Waals surface area (Å²) >= 11 is 3.42. The number of carbonyl (C=O) groups excluding carboxylic acids is 3. The second-order valence-electron chi connectivity index (χ2n) is 11.4. The van der Waals surface area contributed by atoms with Crippen LogP contribution in [-0.2, 0) is 19.7 Å². The van der Waals surface area contributed by atoms with Gasteiger partial charge < -0.3 is 15.4 Å². The van der Waals surface area contributed by atoms with Crippen LogP contribution >= 0.6 is 15.9 Å². The van der Waals surface area contributed by atoms with E-state index in [1.807, 2.05) is 24.3 Å². The van der Waals surface area contributed by atoms with Crippen LogP contribution in [0.15, 0.2) is 46.9 Å². The maximum atomic E-state index is 14.6. The van der Waals surface area contributed by atoms with Gasteiger partial charge in [-0.25, -0.2) is 13.6 Å². The summed E-state index contributed by atoms with van der Waals surface area (Å²) in [6.45, 7) is 5.60. The van der Waals surface area contributed by atoms with E-state index in [-0.39, 0.29) is 19.1 Å². The van der Waals surface area contributed by atoms with Crippen molar-refractivity contribution in [2.75, 3.05) is 13.1 Å². The topological polar surface area (TPSA) is 87.7 Å². The Morgan fingerprint density at radius 2 is 1.72 bits per heavy atom. The van der Waals surface area contributed by atoms with Crippen LogP contribution in [0.25, 0.3) is 0 Å². The number of amides is 3. The number of rotatable bonds is 5. The second kappa shape index (κ2) is 11.6. The third kappa shape index (κ3) is 6.96. The van der Waals surface area contributed by atoms with Crippen LogP contribution < -0.4 is 10.6 Å². The molecule has 0 spiro atoms. The molecule has 4 rings (SSSR count). The molecule has 2 aromatic carbocycles. The van der Waals surface area contributed by atoms with Crippen LogP contribution in [0.3, 0.4) is 0 Å². The highest BCUT2D eigenvalue weighted by Crippen LogP contribution is 2.42. The summed E-state index contributed by atoms with van der Waals surface area (Å²) in [5.41, 5.74) is -0.151. The molecule has 2 aliphatic rings. The lowest BCUT2D eigenvalue weighted by atomic mass is 9.78. The molecule has 2 atom stereocenters. The maximum absolute atomic E-state index is 14.6. The Balaban J connectivity index is 1.42. The number of hydrogen-bond donors (Lipinski definition) is 2. The SMILES string of the molecule is CC(C)(C)OC(=O)N1CC(NC(=O)C(=O)NCC2(c3ccc(F)cc3F)CCCC2)CC1c1ccc(Br)cc1. The van der Waals surface area contributed by atoms with Gasteiger partial charge in [0.25, 0.3) is 0 Å². The van der Waals surface area contributed by atoms with Crippen LogP contribution in [0.4, 0.5) is 13.6 Å². The van der Waals surface area contributed by atoms with Gasteiger partial charge in [0, 0.05) is 35.1 Å². The zero-order chi connectivity index (χ0) is 28.4. The van der Waals surface area contributed by atoms with E-state index in [9.17, 15) is 23.2 Å². The second-order valence-corrected chi connectivity index (χ2v) is 12.3. The lowest BCUT2D eigenvalue weighted by Gasteiger charge is -2.30. The first-order valence-corrected chi connectivity index (χ1v) is 14.0. The van der Waals surface area contributed by atoms with Gasteiger partial charge in [-0.3, -0.25) is 14.5 Å². The number of nitrogens with zero attached hydrogens (tertiary/aromatic N) is 1. The quantitative estimate of drug-likeness (QED) is 0.439. The third-order valence-electron chi connectivity index (χ3n) is 7.38. The molecule has 1 aliphatic heterocycles. The summed E-state index contributed by atoms with van der Waals surface area (Å²) in [6, 6.07) is 10.2. The van der Waals surface area contributed by atoms with Crippen LogP contribution in [-0.4, -0.2) is 47.5 Å². The molecule has 10 heteroatoms. The summed E-state index contributed by atoms with van der Waals surface area (Å²) in [5.74, 6) is -2.97. The van der Waals surface area contributed by atoms with Crippen LogP contribution in [0.5, 0.6) is 0 Å². The Kier molecular flexibility index (Phi) is 8.63. The minimum atomic E-state index is -0.834. The van der Waals surface area contributed by atoms with Crippen molar-refractivity contribution in [3.05, 3.63) is 69.7 Å². The van der Waals surface area contributed by atoms with E-state index in [0.29, 0.717) is 24.8 Å². The van der Waals surface area contributed by atoms with Gasteiger partial charge in [0.1, 0.15) is 17.2 Å². The van der Waals surface area contributed by atoms with Crippen molar-refractivity contribution in [2.45, 2.75) is 76.0 Å². The van der Waals surface area contributed by atoms with Gasteiger partial charge in [0.15, 0.2) is 0 Å². The van der Waals surface area contributed by atoms with E-state index in [0.717, 1.165) is 28.9 Å². The average Bonchev–Trinajstić information content (AvgIpc) is 3.50. The van der Waals surface area contributed by atoms with Gasteiger partial charge in [0.05, 0.1) is 6.04 Å². The molecule has 210 valence electrons. The minimum Gasteiger partial charge on any atom is -0.444 e. The van der Waals surface area contributed by atoms with Crippen LogP contribution in [0.1, 0.15) is 70.0 Å². The van der Waals surface area contributed by atoms with Crippen molar-refractivity contribution in [1.82, 2.24) is 15.5 Å². The van der Waals surface area contributed by atoms with Crippen molar-refractivity contribution >= 4 is 33.8 Å². The van der Waals surface area contributed by atoms with E-state index >= 15 is 0 Å². The Hall–Kier alpha value is -3.01. The van der Waals surface area contributed by atoms with Crippen LogP contribution in [0.2, 0.25) is 0 Å². The zero-order valence-electron chi connectivity index (χ0n) is 22.4. The standard InChI is InChI=1S/C29H34BrF2N3O4/c1-28(2,3)39-27(38)35-16-21(15-24(35)18-6-8-19(30)9-7-18)34-26(37)25(36)33-17-29(12-4-5-13-29)22-11-10-20(31)14-23(22)32/h6-11,14,21,24H,4-5,12-13,15-17H2,1-3H3,(H,33,36)(H,34,37). The summed E-state index contributed by atoms with van der Waals surface area (Å²) < 4.78 is 34.6. The maximum Gasteiger partial charge on any atom is 0.410 e. The molecule has 2 fully saturated rings. The number of carbonyl (C=O) groups is 3. The number of ether oxygens (including phenoxy) is 1. The molecular formula is C29H34BrF2N3O4. The fraction of sp³-hybridized carbons (Fsp3) is 0.483. The molecule has 1 aliphatic carbocycles. The van der Waals surface area contributed by atoms with Gasteiger partial charge in [-0.2, -0.15) is 0 Å². The predicted molar refractivity (Wildman–Crippen MR) is 146 cm³/mol. The lowest BCUT2D eigenvalue weighted by molar-refractivity contribution is -0.139. The van der Waals surface area contributed by atoms with Crippen molar-refractivity contribution < 1.29 is 27.9 Å². The molecule has 1 heterocycles. The third-order valence-corrected chi connectivity index (χ3v) is 7.90. The van der Waals surface area contributed by atoms with E-state index in [1.165, 1.54) is 12.1 Å². The fourth-order valence-corrected chi connectivity index (χ4v) is 5.82. The largest absolute Gasteiger partial charge is 0.444 e. The molecule has 39 heavy (non-hydrogen) atoms. The average molecular weight is 607 g/mol. The highest BCUT2D eigenvalue weighted by Gasteiger charge is 2.41. The minimum absolute atomic E-state index is 0.0675. The zero-order valence-corrected chi connectivity index (χ0v) is 23.9. The highest BCUT2D eigenvalue weighted by molar-refractivity contribution is 9.10. The van der Waals surface area contributed by atoms with Gasteiger partial charge in [-0.15, -0.1) is 0 Å². The van der Waals surface area contributed by atoms with E-state index in [4.69, 9.17) is 4.74 Å². The molecule has 0 bridgehead atoms. The lowest BCUT2D eigenvalue weighted by Crippen LogP contribution is -2.49. The molecule has 0 radical (unpaired) electrons. The molecule has 2 N–H and O–H groups in total. The van der Waals surface area contributed by atoms with Gasteiger partial charge >= 0.3 is 17.9 Å². The van der Waals surface area contributed by atoms with Gasteiger partial charge in [-0.1, -0.05) is 47.0 Å². The molecular weight excluding hydrogens is 572 g/mol.